The highest BCUT2D eigenvalue weighted by Gasteiger charge is 2.17. The smallest absolute Gasteiger partial charge is 0.226 e. The van der Waals surface area contributed by atoms with Gasteiger partial charge in [-0.15, -0.1) is 0 Å². The number of aryl methyl sites for hydroxylation is 2. The molecule has 26 heavy (non-hydrogen) atoms. The minimum atomic E-state index is 0.0505. The zero-order valence-corrected chi connectivity index (χ0v) is 14.6. The standard InChI is InChI=1S/C20H18N4O2/c1-12-13(2)22-19(15-4-3-9-21-11-15)24-20(12)26-16-6-7-17-14(10-16)5-8-18(25)23-17/h3-4,6-7,9-11H,5,8H2,1-2H3,(H,23,25). The summed E-state index contributed by atoms with van der Waals surface area (Å²) in [5.74, 6) is 1.85. The van der Waals surface area contributed by atoms with Crippen molar-refractivity contribution >= 4 is 11.6 Å². The molecule has 4 rings (SSSR count). The highest BCUT2D eigenvalue weighted by Crippen LogP contribution is 2.31. The summed E-state index contributed by atoms with van der Waals surface area (Å²) in [6.45, 7) is 3.88. The number of carbonyl (C=O) groups is 1. The summed E-state index contributed by atoms with van der Waals surface area (Å²) in [5, 5.41) is 2.88. The van der Waals surface area contributed by atoms with E-state index in [1.807, 2.05) is 44.2 Å². The number of amides is 1. The second-order valence-electron chi connectivity index (χ2n) is 6.27. The molecule has 1 aliphatic rings. The molecule has 0 aliphatic carbocycles. The van der Waals surface area contributed by atoms with E-state index in [0.717, 1.165) is 28.1 Å². The molecule has 1 aromatic carbocycles. The van der Waals surface area contributed by atoms with E-state index in [-0.39, 0.29) is 5.91 Å². The lowest BCUT2D eigenvalue weighted by Crippen LogP contribution is -2.18. The van der Waals surface area contributed by atoms with Gasteiger partial charge < -0.3 is 10.1 Å². The van der Waals surface area contributed by atoms with Crippen LogP contribution in [-0.4, -0.2) is 20.9 Å². The van der Waals surface area contributed by atoms with Crippen LogP contribution in [0.15, 0.2) is 42.7 Å². The number of hydrogen-bond donors (Lipinski definition) is 1. The first kappa shape index (κ1) is 16.2. The van der Waals surface area contributed by atoms with Crippen LogP contribution in [0, 0.1) is 13.8 Å². The van der Waals surface area contributed by atoms with E-state index in [1.54, 1.807) is 12.4 Å². The molecule has 1 N–H and O–H groups in total. The lowest BCUT2D eigenvalue weighted by Gasteiger charge is -2.18. The number of pyridine rings is 1. The van der Waals surface area contributed by atoms with Crippen molar-refractivity contribution in [3.05, 3.63) is 59.5 Å². The van der Waals surface area contributed by atoms with E-state index < -0.39 is 0 Å². The number of anilines is 1. The summed E-state index contributed by atoms with van der Waals surface area (Å²) in [7, 11) is 0. The van der Waals surface area contributed by atoms with Crippen LogP contribution < -0.4 is 10.1 Å². The largest absolute Gasteiger partial charge is 0.439 e. The number of carbonyl (C=O) groups excluding carboxylic acids is 1. The van der Waals surface area contributed by atoms with Gasteiger partial charge in [0.25, 0.3) is 0 Å². The molecule has 3 aromatic rings. The van der Waals surface area contributed by atoms with Gasteiger partial charge in [0.1, 0.15) is 5.75 Å². The van der Waals surface area contributed by atoms with E-state index in [4.69, 9.17) is 4.74 Å². The van der Waals surface area contributed by atoms with Crippen molar-refractivity contribution < 1.29 is 9.53 Å². The molecule has 6 nitrogen and oxygen atoms in total. The fourth-order valence-electron chi connectivity index (χ4n) is 2.86. The SMILES string of the molecule is Cc1nc(-c2cccnc2)nc(Oc2ccc3c(c2)CCC(=O)N3)c1C. The monoisotopic (exact) mass is 346 g/mol. The topological polar surface area (TPSA) is 77.0 Å². The Morgan fingerprint density at radius 2 is 2.00 bits per heavy atom. The molecule has 1 amide bonds. The van der Waals surface area contributed by atoms with Crippen LogP contribution in [0.25, 0.3) is 11.4 Å². The first-order valence-electron chi connectivity index (χ1n) is 8.46. The maximum Gasteiger partial charge on any atom is 0.226 e. The highest BCUT2D eigenvalue weighted by molar-refractivity contribution is 5.94. The van der Waals surface area contributed by atoms with Gasteiger partial charge in [0.2, 0.25) is 11.8 Å². The molecule has 130 valence electrons. The van der Waals surface area contributed by atoms with Gasteiger partial charge in [-0.2, -0.15) is 4.98 Å². The van der Waals surface area contributed by atoms with E-state index in [2.05, 4.69) is 20.3 Å². The van der Waals surface area contributed by atoms with E-state index >= 15 is 0 Å². The van der Waals surface area contributed by atoms with Crippen molar-refractivity contribution in [3.8, 4) is 23.0 Å². The van der Waals surface area contributed by atoms with Gasteiger partial charge in [-0.3, -0.25) is 9.78 Å². The van der Waals surface area contributed by atoms with Gasteiger partial charge in [0, 0.05) is 41.3 Å². The highest BCUT2D eigenvalue weighted by atomic mass is 16.5. The maximum absolute atomic E-state index is 11.5. The second-order valence-corrected chi connectivity index (χ2v) is 6.27. The zero-order valence-electron chi connectivity index (χ0n) is 14.6. The molecule has 6 heteroatoms. The van der Waals surface area contributed by atoms with Crippen molar-refractivity contribution in [2.24, 2.45) is 0 Å². The van der Waals surface area contributed by atoms with Crippen LogP contribution in [0.5, 0.6) is 11.6 Å². The van der Waals surface area contributed by atoms with Crippen molar-refractivity contribution in [3.63, 3.8) is 0 Å². The predicted octanol–water partition coefficient (Wildman–Crippen LogP) is 3.83. The number of nitrogens with one attached hydrogen (secondary N) is 1. The molecule has 0 fully saturated rings. The van der Waals surface area contributed by atoms with Crippen LogP contribution in [0.2, 0.25) is 0 Å². The third kappa shape index (κ3) is 3.13. The molecule has 1 aliphatic heterocycles. The van der Waals surface area contributed by atoms with Crippen LogP contribution >= 0.6 is 0 Å². The number of nitrogens with zero attached hydrogens (tertiary/aromatic N) is 3. The van der Waals surface area contributed by atoms with Crippen LogP contribution in [0.3, 0.4) is 0 Å². The van der Waals surface area contributed by atoms with Crippen LogP contribution in [0.4, 0.5) is 5.69 Å². The van der Waals surface area contributed by atoms with Gasteiger partial charge in [-0.1, -0.05) is 0 Å². The lowest BCUT2D eigenvalue weighted by molar-refractivity contribution is -0.116. The quantitative estimate of drug-likeness (QED) is 0.780. The molecular weight excluding hydrogens is 328 g/mol. The maximum atomic E-state index is 11.5. The Labute approximate surface area is 151 Å². The van der Waals surface area contributed by atoms with Gasteiger partial charge in [-0.05, 0) is 56.2 Å². The van der Waals surface area contributed by atoms with Crippen molar-refractivity contribution in [1.82, 2.24) is 15.0 Å². The lowest BCUT2D eigenvalue weighted by atomic mass is 10.0. The first-order valence-corrected chi connectivity index (χ1v) is 8.46. The van der Waals surface area contributed by atoms with Gasteiger partial charge in [0.05, 0.1) is 0 Å². The summed E-state index contributed by atoms with van der Waals surface area (Å²) in [4.78, 5) is 24.7. The first-order chi connectivity index (χ1) is 12.6. The van der Waals surface area contributed by atoms with Crippen molar-refractivity contribution in [2.75, 3.05) is 5.32 Å². The molecule has 0 saturated carbocycles. The van der Waals surface area contributed by atoms with Crippen molar-refractivity contribution in [2.45, 2.75) is 26.7 Å². The average molecular weight is 346 g/mol. The number of hydrogen-bond acceptors (Lipinski definition) is 5. The van der Waals surface area contributed by atoms with E-state index in [1.165, 1.54) is 0 Å². The summed E-state index contributed by atoms with van der Waals surface area (Å²) in [6.07, 6.45) is 4.65. The minimum absolute atomic E-state index is 0.0505. The Kier molecular flexibility index (Phi) is 4.08. The normalized spacial score (nSPS) is 13.1. The molecule has 0 radical (unpaired) electrons. The summed E-state index contributed by atoms with van der Waals surface area (Å²) < 4.78 is 6.06. The Morgan fingerprint density at radius 1 is 1.12 bits per heavy atom. The molecule has 0 spiro atoms. The third-order valence-corrected chi connectivity index (χ3v) is 4.45. The fraction of sp³-hybridized carbons (Fsp3) is 0.200. The minimum Gasteiger partial charge on any atom is -0.439 e. The van der Waals surface area contributed by atoms with Crippen molar-refractivity contribution in [1.29, 1.82) is 0 Å². The Bertz CT molecular complexity index is 987. The molecule has 0 unspecified atom stereocenters. The zero-order chi connectivity index (χ0) is 18.1. The second kappa shape index (κ2) is 6.55. The molecule has 0 bridgehead atoms. The Hall–Kier alpha value is -3.28. The summed E-state index contributed by atoms with van der Waals surface area (Å²) in [6, 6.07) is 9.43. The third-order valence-electron chi connectivity index (χ3n) is 4.45. The number of rotatable bonds is 3. The van der Waals surface area contributed by atoms with E-state index in [9.17, 15) is 4.79 Å². The molecule has 0 saturated heterocycles. The number of benzene rings is 1. The number of ether oxygens (including phenoxy) is 1. The summed E-state index contributed by atoms with van der Waals surface area (Å²) >= 11 is 0. The fourth-order valence-corrected chi connectivity index (χ4v) is 2.86. The van der Waals surface area contributed by atoms with Gasteiger partial charge in [0.15, 0.2) is 5.82 Å². The Morgan fingerprint density at radius 3 is 2.81 bits per heavy atom. The number of aromatic nitrogens is 3. The molecular formula is C20H18N4O2. The van der Waals surface area contributed by atoms with Gasteiger partial charge >= 0.3 is 0 Å². The average Bonchev–Trinajstić information content (AvgIpc) is 2.66. The molecule has 0 atom stereocenters. The van der Waals surface area contributed by atoms with Gasteiger partial charge in [-0.25, -0.2) is 4.98 Å². The summed E-state index contributed by atoms with van der Waals surface area (Å²) in [5.41, 5.74) is 4.51. The molecule has 2 aromatic heterocycles. The van der Waals surface area contributed by atoms with Crippen LogP contribution in [-0.2, 0) is 11.2 Å². The molecule has 3 heterocycles. The Balaban J connectivity index is 1.68. The van der Waals surface area contributed by atoms with E-state index in [0.29, 0.717) is 30.3 Å². The predicted molar refractivity (Wildman–Crippen MR) is 98.2 cm³/mol. The number of fused-ring (bicyclic) bond motifs is 1. The van der Waals surface area contributed by atoms with Crippen LogP contribution in [0.1, 0.15) is 23.2 Å².